The van der Waals surface area contributed by atoms with Gasteiger partial charge in [-0.2, -0.15) is 4.98 Å². The highest BCUT2D eigenvalue weighted by Crippen LogP contribution is 2.40. The van der Waals surface area contributed by atoms with Crippen molar-refractivity contribution in [1.82, 2.24) is 20.3 Å². The van der Waals surface area contributed by atoms with Crippen molar-refractivity contribution in [3.63, 3.8) is 0 Å². The van der Waals surface area contributed by atoms with Crippen LogP contribution in [0.1, 0.15) is 12.0 Å². The van der Waals surface area contributed by atoms with Crippen LogP contribution in [0.25, 0.3) is 31.7 Å². The van der Waals surface area contributed by atoms with Gasteiger partial charge in [0.05, 0.1) is 15.9 Å². The lowest BCUT2D eigenvalue weighted by atomic mass is 10.1. The van der Waals surface area contributed by atoms with Crippen molar-refractivity contribution >= 4 is 49.2 Å². The third kappa shape index (κ3) is 3.11. The van der Waals surface area contributed by atoms with Gasteiger partial charge in [-0.25, -0.2) is 9.97 Å². The van der Waals surface area contributed by atoms with Gasteiger partial charge in [-0.15, -0.1) is 11.3 Å². The molecule has 1 N–H and O–H groups in total. The van der Waals surface area contributed by atoms with Crippen LogP contribution in [0.3, 0.4) is 0 Å². The second-order valence-electron chi connectivity index (χ2n) is 7.06. The number of fused-ring (bicyclic) bond motifs is 3. The molecule has 1 saturated heterocycles. The summed E-state index contributed by atoms with van der Waals surface area (Å²) in [5, 5.41) is 4.82. The first kappa shape index (κ1) is 17.8. The maximum atomic E-state index is 6.34. The molecule has 3 aromatic heterocycles. The Morgan fingerprint density at radius 3 is 2.79 bits per heavy atom. The van der Waals surface area contributed by atoms with Crippen LogP contribution in [0.2, 0.25) is 5.28 Å². The number of anilines is 1. The zero-order valence-corrected chi connectivity index (χ0v) is 17.1. The topological polar surface area (TPSA) is 53.9 Å². The second-order valence-corrected chi connectivity index (χ2v) is 8.39. The van der Waals surface area contributed by atoms with E-state index in [2.05, 4.69) is 45.3 Å². The van der Waals surface area contributed by atoms with Crippen molar-refractivity contribution in [1.29, 1.82) is 0 Å². The molecule has 4 heterocycles. The van der Waals surface area contributed by atoms with E-state index in [0.29, 0.717) is 5.28 Å². The summed E-state index contributed by atoms with van der Waals surface area (Å²) in [5.41, 5.74) is 4.18. The summed E-state index contributed by atoms with van der Waals surface area (Å²) in [4.78, 5) is 17.5. The van der Waals surface area contributed by atoms with Gasteiger partial charge in [0.15, 0.2) is 5.82 Å². The molecule has 0 spiro atoms. The molecule has 0 atom stereocenters. The Bertz CT molecular complexity index is 1150. The van der Waals surface area contributed by atoms with E-state index in [0.717, 1.165) is 75.7 Å². The monoisotopic (exact) mass is 409 g/mol. The fourth-order valence-corrected chi connectivity index (χ4v) is 5.18. The average molecular weight is 410 g/mol. The number of hydrogen-bond acceptors (Lipinski definition) is 6. The molecule has 0 amide bonds. The summed E-state index contributed by atoms with van der Waals surface area (Å²) in [7, 11) is 0. The van der Waals surface area contributed by atoms with Crippen LogP contribution in [0.4, 0.5) is 5.82 Å². The molecule has 28 heavy (non-hydrogen) atoms. The molecule has 5 nitrogen and oxygen atoms in total. The average Bonchev–Trinajstić information content (AvgIpc) is 2.88. The van der Waals surface area contributed by atoms with Gasteiger partial charge < -0.3 is 10.2 Å². The fourth-order valence-electron chi connectivity index (χ4n) is 3.81. The Kier molecular flexibility index (Phi) is 4.62. The Hall–Kier alpha value is -2.28. The molecule has 0 unspecified atom stereocenters. The van der Waals surface area contributed by atoms with Gasteiger partial charge in [-0.05, 0) is 43.1 Å². The van der Waals surface area contributed by atoms with Crippen LogP contribution in [0.5, 0.6) is 0 Å². The minimum atomic E-state index is 0.297. The van der Waals surface area contributed by atoms with Gasteiger partial charge in [0.2, 0.25) is 5.28 Å². The minimum absolute atomic E-state index is 0.297. The van der Waals surface area contributed by atoms with Gasteiger partial charge in [-0.1, -0.05) is 30.3 Å². The minimum Gasteiger partial charge on any atom is -0.354 e. The highest BCUT2D eigenvalue weighted by Gasteiger charge is 2.21. The van der Waals surface area contributed by atoms with Crippen LogP contribution >= 0.6 is 22.9 Å². The number of benzene rings is 1. The molecule has 7 heteroatoms. The number of aromatic nitrogens is 3. The molecular formula is C21H20ClN5S. The van der Waals surface area contributed by atoms with Crippen molar-refractivity contribution in [3.05, 3.63) is 47.2 Å². The third-order valence-electron chi connectivity index (χ3n) is 5.15. The summed E-state index contributed by atoms with van der Waals surface area (Å²) in [6.45, 7) is 5.98. The van der Waals surface area contributed by atoms with E-state index in [1.165, 1.54) is 0 Å². The molecule has 0 bridgehead atoms. The van der Waals surface area contributed by atoms with Crippen LogP contribution in [-0.4, -0.2) is 41.1 Å². The Morgan fingerprint density at radius 1 is 1.07 bits per heavy atom. The number of hydrogen-bond donors (Lipinski definition) is 1. The molecule has 1 aliphatic heterocycles. The largest absolute Gasteiger partial charge is 0.354 e. The maximum Gasteiger partial charge on any atom is 0.224 e. The molecule has 142 valence electrons. The molecule has 1 aromatic carbocycles. The van der Waals surface area contributed by atoms with Crippen molar-refractivity contribution < 1.29 is 0 Å². The predicted octanol–water partition coefficient (Wildman–Crippen LogP) is 4.67. The van der Waals surface area contributed by atoms with Crippen molar-refractivity contribution in [2.24, 2.45) is 0 Å². The first-order valence-electron chi connectivity index (χ1n) is 9.49. The van der Waals surface area contributed by atoms with Gasteiger partial charge >= 0.3 is 0 Å². The zero-order valence-electron chi connectivity index (χ0n) is 15.6. The van der Waals surface area contributed by atoms with Gasteiger partial charge in [-0.3, -0.25) is 0 Å². The van der Waals surface area contributed by atoms with Crippen LogP contribution in [-0.2, 0) is 0 Å². The highest BCUT2D eigenvalue weighted by atomic mass is 35.5. The zero-order chi connectivity index (χ0) is 19.1. The number of thiophene rings is 1. The van der Waals surface area contributed by atoms with Crippen LogP contribution in [0.15, 0.2) is 36.4 Å². The van der Waals surface area contributed by atoms with E-state index in [-0.39, 0.29) is 0 Å². The number of pyridine rings is 1. The van der Waals surface area contributed by atoms with Crippen LogP contribution in [0, 0.1) is 6.92 Å². The smallest absolute Gasteiger partial charge is 0.224 e. The summed E-state index contributed by atoms with van der Waals surface area (Å²) in [6, 6.07) is 12.4. The van der Waals surface area contributed by atoms with E-state index in [9.17, 15) is 0 Å². The predicted molar refractivity (Wildman–Crippen MR) is 118 cm³/mol. The van der Waals surface area contributed by atoms with Gasteiger partial charge in [0.25, 0.3) is 0 Å². The van der Waals surface area contributed by atoms with Crippen LogP contribution < -0.4 is 10.2 Å². The lowest BCUT2D eigenvalue weighted by Crippen LogP contribution is -2.28. The number of halogens is 1. The summed E-state index contributed by atoms with van der Waals surface area (Å²) in [6.07, 6.45) is 1.09. The number of nitrogens with one attached hydrogen (secondary N) is 1. The molecule has 0 aliphatic carbocycles. The Balaban J connectivity index is 1.73. The quantitative estimate of drug-likeness (QED) is 0.487. The van der Waals surface area contributed by atoms with Gasteiger partial charge in [0.1, 0.15) is 4.83 Å². The molecule has 0 saturated carbocycles. The van der Waals surface area contributed by atoms with E-state index in [1.54, 1.807) is 11.3 Å². The highest BCUT2D eigenvalue weighted by molar-refractivity contribution is 7.26. The Morgan fingerprint density at radius 2 is 1.93 bits per heavy atom. The molecule has 4 aromatic rings. The van der Waals surface area contributed by atoms with Crippen molar-refractivity contribution in [3.8, 4) is 11.3 Å². The molecule has 1 aliphatic rings. The van der Waals surface area contributed by atoms with Crippen molar-refractivity contribution in [2.45, 2.75) is 13.3 Å². The fraction of sp³-hybridized carbons (Fsp3) is 0.286. The first-order valence-corrected chi connectivity index (χ1v) is 10.7. The standard InChI is InChI=1S/C21H20ClN5S/c1-13-12-15(14-6-3-2-4-7-14)24-20-16(13)17-18(28-20)19(26-21(22)25-17)27-10-5-8-23-9-11-27/h2-4,6-7,12,23H,5,8-11H2,1H3. The van der Waals surface area contributed by atoms with E-state index >= 15 is 0 Å². The summed E-state index contributed by atoms with van der Waals surface area (Å²) < 4.78 is 1.07. The second kappa shape index (κ2) is 7.28. The van der Waals surface area contributed by atoms with Crippen molar-refractivity contribution in [2.75, 3.05) is 31.1 Å². The third-order valence-corrected chi connectivity index (χ3v) is 6.39. The van der Waals surface area contributed by atoms with Gasteiger partial charge in [0, 0.05) is 30.6 Å². The van der Waals surface area contributed by atoms with E-state index < -0.39 is 0 Å². The molecule has 1 fully saturated rings. The summed E-state index contributed by atoms with van der Waals surface area (Å²) in [5.74, 6) is 0.933. The van der Waals surface area contributed by atoms with E-state index in [4.69, 9.17) is 16.6 Å². The molecule has 5 rings (SSSR count). The number of rotatable bonds is 2. The molecular weight excluding hydrogens is 390 g/mol. The molecule has 0 radical (unpaired) electrons. The first-order chi connectivity index (χ1) is 13.7. The number of nitrogens with zero attached hydrogens (tertiary/aromatic N) is 4. The van der Waals surface area contributed by atoms with E-state index in [1.807, 2.05) is 18.2 Å². The lowest BCUT2D eigenvalue weighted by Gasteiger charge is -2.21. The SMILES string of the molecule is Cc1cc(-c2ccccc2)nc2sc3c(N4CCCNCC4)nc(Cl)nc3c12. The summed E-state index contributed by atoms with van der Waals surface area (Å²) >= 11 is 8.00. The Labute approximate surface area is 172 Å². The number of aryl methyl sites for hydroxylation is 1. The normalized spacial score (nSPS) is 15.3. The maximum absolute atomic E-state index is 6.34. The lowest BCUT2D eigenvalue weighted by molar-refractivity contribution is 0.724.